The maximum Gasteiger partial charge on any atom is 0.242 e. The van der Waals surface area contributed by atoms with Crippen LogP contribution in [-0.2, 0) is 17.9 Å². The van der Waals surface area contributed by atoms with Crippen molar-refractivity contribution in [3.63, 3.8) is 0 Å². The lowest BCUT2D eigenvalue weighted by atomic mass is 10.2. The quantitative estimate of drug-likeness (QED) is 0.233. The Morgan fingerprint density at radius 1 is 0.889 bits per heavy atom. The van der Waals surface area contributed by atoms with E-state index in [1.54, 1.807) is 4.90 Å². The molecule has 0 N–H and O–H groups in total. The van der Waals surface area contributed by atoms with Crippen LogP contribution in [0.4, 0.5) is 11.4 Å². The highest BCUT2D eigenvalue weighted by atomic mass is 32.2. The van der Waals surface area contributed by atoms with E-state index in [4.69, 9.17) is 9.47 Å². The molecule has 0 aliphatic heterocycles. The van der Waals surface area contributed by atoms with E-state index in [0.29, 0.717) is 35.6 Å². The normalized spacial score (nSPS) is 10.8. The van der Waals surface area contributed by atoms with Gasteiger partial charge in [0.25, 0.3) is 0 Å². The molecular formula is C28H30N4O3S. The first-order valence-electron chi connectivity index (χ1n) is 11.9. The highest BCUT2D eigenvalue weighted by Gasteiger charge is 2.20. The molecule has 1 heterocycles. The number of hydrogen-bond donors (Lipinski definition) is 0. The molecule has 0 saturated carbocycles. The number of para-hydroxylation sites is 2. The fourth-order valence-electron chi connectivity index (χ4n) is 3.78. The van der Waals surface area contributed by atoms with Crippen molar-refractivity contribution in [3.8, 4) is 11.5 Å². The zero-order chi connectivity index (χ0) is 25.3. The summed E-state index contributed by atoms with van der Waals surface area (Å²) in [7, 11) is 0. The first-order chi connectivity index (χ1) is 17.6. The van der Waals surface area contributed by atoms with Crippen LogP contribution in [0.25, 0.3) is 0 Å². The Morgan fingerprint density at radius 3 is 2.17 bits per heavy atom. The number of thioether (sulfide) groups is 1. The predicted molar refractivity (Wildman–Crippen MR) is 143 cm³/mol. The fourth-order valence-corrected chi connectivity index (χ4v) is 4.65. The number of anilines is 2. The molecule has 1 aromatic heterocycles. The Morgan fingerprint density at radius 2 is 1.56 bits per heavy atom. The van der Waals surface area contributed by atoms with Crippen molar-refractivity contribution in [2.45, 2.75) is 39.1 Å². The molecular weight excluding hydrogens is 472 g/mol. The Balaban J connectivity index is 1.47. The molecule has 186 valence electrons. The van der Waals surface area contributed by atoms with Crippen molar-refractivity contribution in [1.82, 2.24) is 14.8 Å². The van der Waals surface area contributed by atoms with Gasteiger partial charge in [-0.3, -0.25) is 9.69 Å². The smallest absolute Gasteiger partial charge is 0.242 e. The maximum absolute atomic E-state index is 13.4. The van der Waals surface area contributed by atoms with Gasteiger partial charge in [0.1, 0.15) is 6.61 Å². The third-order valence-corrected chi connectivity index (χ3v) is 6.42. The van der Waals surface area contributed by atoms with Gasteiger partial charge in [-0.15, -0.1) is 10.2 Å². The van der Waals surface area contributed by atoms with E-state index in [2.05, 4.69) is 10.2 Å². The van der Waals surface area contributed by atoms with Gasteiger partial charge in [0, 0.05) is 17.9 Å². The number of carbonyl (C=O) groups is 1. The average molecular weight is 503 g/mol. The van der Waals surface area contributed by atoms with Crippen molar-refractivity contribution < 1.29 is 14.3 Å². The second kappa shape index (κ2) is 12.3. The van der Waals surface area contributed by atoms with E-state index in [-0.39, 0.29) is 18.3 Å². The summed E-state index contributed by atoms with van der Waals surface area (Å²) in [6, 6.07) is 25.2. The third-order valence-electron chi connectivity index (χ3n) is 5.47. The van der Waals surface area contributed by atoms with Crippen LogP contribution in [0, 0.1) is 6.92 Å². The van der Waals surface area contributed by atoms with Crippen LogP contribution < -0.4 is 14.4 Å². The van der Waals surface area contributed by atoms with Crippen LogP contribution in [0.15, 0.2) is 84.0 Å². The topological polar surface area (TPSA) is 69.5 Å². The molecule has 0 atom stereocenters. The molecule has 0 aliphatic rings. The standard InChI is InChI=1S/C28H30N4O3S/c1-4-31-26(19-35-24-17-16-21(3)18-25(24)34-5-2)29-30-28(31)36-20-27(33)32(22-12-8-6-9-13-22)23-14-10-7-11-15-23/h6-18H,4-5,19-20H2,1-3H3. The lowest BCUT2D eigenvalue weighted by Gasteiger charge is -2.23. The molecule has 0 unspecified atom stereocenters. The zero-order valence-electron chi connectivity index (χ0n) is 20.8. The first kappa shape index (κ1) is 25.3. The Bertz CT molecular complexity index is 1240. The molecule has 0 radical (unpaired) electrons. The highest BCUT2D eigenvalue weighted by Crippen LogP contribution is 2.30. The summed E-state index contributed by atoms with van der Waals surface area (Å²) in [6.45, 7) is 7.45. The SMILES string of the molecule is CCOc1cc(C)ccc1OCc1nnc(SCC(=O)N(c2ccccc2)c2ccccc2)n1CC. The van der Waals surface area contributed by atoms with E-state index in [1.165, 1.54) is 11.8 Å². The van der Waals surface area contributed by atoms with E-state index in [9.17, 15) is 4.79 Å². The van der Waals surface area contributed by atoms with Gasteiger partial charge in [-0.05, 0) is 62.7 Å². The second-order valence-electron chi connectivity index (χ2n) is 8.00. The number of nitrogens with zero attached hydrogens (tertiary/aromatic N) is 4. The van der Waals surface area contributed by atoms with Crippen LogP contribution in [0.5, 0.6) is 11.5 Å². The zero-order valence-corrected chi connectivity index (χ0v) is 21.6. The monoisotopic (exact) mass is 502 g/mol. The van der Waals surface area contributed by atoms with Gasteiger partial charge in [-0.2, -0.15) is 0 Å². The third kappa shape index (κ3) is 6.07. The number of rotatable bonds is 11. The van der Waals surface area contributed by atoms with Crippen LogP contribution >= 0.6 is 11.8 Å². The van der Waals surface area contributed by atoms with E-state index >= 15 is 0 Å². The van der Waals surface area contributed by atoms with Crippen LogP contribution in [0.2, 0.25) is 0 Å². The van der Waals surface area contributed by atoms with Gasteiger partial charge in [0.2, 0.25) is 5.91 Å². The molecule has 4 aromatic rings. The molecule has 0 fully saturated rings. The number of benzene rings is 3. The summed E-state index contributed by atoms with van der Waals surface area (Å²) in [5, 5.41) is 9.36. The van der Waals surface area contributed by atoms with Gasteiger partial charge in [0.05, 0.1) is 12.4 Å². The summed E-state index contributed by atoms with van der Waals surface area (Å²) in [4.78, 5) is 15.1. The molecule has 0 bridgehead atoms. The largest absolute Gasteiger partial charge is 0.490 e. The van der Waals surface area contributed by atoms with Crippen LogP contribution in [-0.4, -0.2) is 33.0 Å². The molecule has 0 saturated heterocycles. The molecule has 0 spiro atoms. The summed E-state index contributed by atoms with van der Waals surface area (Å²) >= 11 is 1.37. The molecule has 1 amide bonds. The molecule has 3 aromatic carbocycles. The number of hydrogen-bond acceptors (Lipinski definition) is 6. The van der Waals surface area contributed by atoms with Gasteiger partial charge in [-0.25, -0.2) is 0 Å². The van der Waals surface area contributed by atoms with E-state index in [0.717, 1.165) is 16.9 Å². The Kier molecular flexibility index (Phi) is 8.62. The summed E-state index contributed by atoms with van der Waals surface area (Å²) < 4.78 is 13.7. The molecule has 8 heteroatoms. The number of aryl methyl sites for hydroxylation is 1. The van der Waals surface area contributed by atoms with E-state index < -0.39 is 0 Å². The molecule has 4 rings (SSSR count). The summed E-state index contributed by atoms with van der Waals surface area (Å²) in [6.07, 6.45) is 0. The Labute approximate surface area is 216 Å². The van der Waals surface area contributed by atoms with Crippen LogP contribution in [0.3, 0.4) is 0 Å². The minimum absolute atomic E-state index is 0.0399. The number of carbonyl (C=O) groups excluding carboxylic acids is 1. The predicted octanol–water partition coefficient (Wildman–Crippen LogP) is 6.04. The minimum atomic E-state index is -0.0399. The van der Waals surface area contributed by atoms with Crippen molar-refractivity contribution in [1.29, 1.82) is 0 Å². The Hall–Kier alpha value is -3.78. The fraction of sp³-hybridized carbons (Fsp3) is 0.250. The second-order valence-corrected chi connectivity index (χ2v) is 8.95. The average Bonchev–Trinajstić information content (AvgIpc) is 3.30. The lowest BCUT2D eigenvalue weighted by Crippen LogP contribution is -2.27. The summed E-state index contributed by atoms with van der Waals surface area (Å²) in [5.41, 5.74) is 2.75. The van der Waals surface area contributed by atoms with Crippen molar-refractivity contribution in [3.05, 3.63) is 90.3 Å². The van der Waals surface area contributed by atoms with Gasteiger partial charge < -0.3 is 14.0 Å². The van der Waals surface area contributed by atoms with E-state index in [1.807, 2.05) is 104 Å². The first-order valence-corrected chi connectivity index (χ1v) is 12.9. The number of amides is 1. The van der Waals surface area contributed by atoms with Crippen molar-refractivity contribution in [2.75, 3.05) is 17.3 Å². The van der Waals surface area contributed by atoms with Gasteiger partial charge in [0.15, 0.2) is 22.5 Å². The lowest BCUT2D eigenvalue weighted by molar-refractivity contribution is -0.115. The van der Waals surface area contributed by atoms with Crippen LogP contribution in [0.1, 0.15) is 25.2 Å². The van der Waals surface area contributed by atoms with Gasteiger partial charge in [-0.1, -0.05) is 54.2 Å². The summed E-state index contributed by atoms with van der Waals surface area (Å²) in [5.74, 6) is 2.25. The molecule has 36 heavy (non-hydrogen) atoms. The number of ether oxygens (including phenoxy) is 2. The molecule has 7 nitrogen and oxygen atoms in total. The number of aromatic nitrogens is 3. The van der Waals surface area contributed by atoms with Crippen molar-refractivity contribution in [2.24, 2.45) is 0 Å². The van der Waals surface area contributed by atoms with Gasteiger partial charge >= 0.3 is 0 Å². The van der Waals surface area contributed by atoms with Crippen molar-refractivity contribution >= 4 is 29.0 Å². The maximum atomic E-state index is 13.4. The molecule has 0 aliphatic carbocycles. The minimum Gasteiger partial charge on any atom is -0.490 e. The highest BCUT2D eigenvalue weighted by molar-refractivity contribution is 7.99.